The Balaban J connectivity index is 1.37. The summed E-state index contributed by atoms with van der Waals surface area (Å²) in [5.41, 5.74) is 1.68. The molecule has 2 amide bonds. The number of nitrogens with one attached hydrogen (secondary N) is 1. The number of nitrogens with zero attached hydrogens (tertiary/aromatic N) is 2. The van der Waals surface area contributed by atoms with Gasteiger partial charge in [-0.25, -0.2) is 4.39 Å². The van der Waals surface area contributed by atoms with Gasteiger partial charge < -0.3 is 19.9 Å². The molecule has 29 heavy (non-hydrogen) atoms. The monoisotopic (exact) mass is 397 g/mol. The third-order valence-electron chi connectivity index (χ3n) is 5.36. The van der Waals surface area contributed by atoms with Gasteiger partial charge in [-0.2, -0.15) is 0 Å². The highest BCUT2D eigenvalue weighted by Gasteiger charge is 2.25. The summed E-state index contributed by atoms with van der Waals surface area (Å²) in [6.07, 6.45) is 1.19. The van der Waals surface area contributed by atoms with Crippen LogP contribution >= 0.6 is 0 Å². The van der Waals surface area contributed by atoms with Crippen LogP contribution in [-0.2, 0) is 9.53 Å². The van der Waals surface area contributed by atoms with Crippen molar-refractivity contribution in [3.8, 4) is 0 Å². The van der Waals surface area contributed by atoms with Crippen LogP contribution in [0.3, 0.4) is 0 Å². The Morgan fingerprint density at radius 2 is 1.83 bits per heavy atom. The molecule has 2 aromatic carbocycles. The van der Waals surface area contributed by atoms with Crippen LogP contribution in [0.5, 0.6) is 0 Å². The first kappa shape index (κ1) is 19.4. The highest BCUT2D eigenvalue weighted by Crippen LogP contribution is 2.22. The Morgan fingerprint density at radius 3 is 2.55 bits per heavy atom. The molecule has 4 rings (SSSR count). The maximum absolute atomic E-state index is 14.0. The number of amides is 2. The van der Waals surface area contributed by atoms with E-state index in [0.29, 0.717) is 49.7 Å². The van der Waals surface area contributed by atoms with Gasteiger partial charge in [0.2, 0.25) is 0 Å². The summed E-state index contributed by atoms with van der Waals surface area (Å²) in [6, 6.07) is 13.6. The van der Waals surface area contributed by atoms with Gasteiger partial charge in [0.25, 0.3) is 11.8 Å². The van der Waals surface area contributed by atoms with Gasteiger partial charge in [-0.3, -0.25) is 9.59 Å². The predicted octanol–water partition coefficient (Wildman–Crippen LogP) is 2.91. The van der Waals surface area contributed by atoms with E-state index in [4.69, 9.17) is 4.74 Å². The first-order valence-corrected chi connectivity index (χ1v) is 9.93. The molecule has 7 heteroatoms. The number of halogens is 1. The molecular formula is C22H24FN3O3. The molecule has 1 N–H and O–H groups in total. The predicted molar refractivity (Wildman–Crippen MR) is 109 cm³/mol. The second-order valence-electron chi connectivity index (χ2n) is 7.30. The minimum absolute atomic E-state index is 0.0913. The van der Waals surface area contributed by atoms with Crippen molar-refractivity contribution < 1.29 is 18.7 Å². The molecule has 0 aromatic heterocycles. The van der Waals surface area contributed by atoms with Gasteiger partial charge in [-0.05, 0) is 43.2 Å². The van der Waals surface area contributed by atoms with E-state index in [0.717, 1.165) is 12.8 Å². The molecule has 2 fully saturated rings. The van der Waals surface area contributed by atoms with Crippen LogP contribution in [0.4, 0.5) is 15.8 Å². The molecule has 2 heterocycles. The Bertz CT molecular complexity index is 890. The first-order chi connectivity index (χ1) is 14.1. The van der Waals surface area contributed by atoms with Crippen LogP contribution in [0.15, 0.2) is 48.5 Å². The van der Waals surface area contributed by atoms with Crippen LogP contribution in [0.2, 0.25) is 0 Å². The number of hydrogen-bond donors (Lipinski definition) is 1. The van der Waals surface area contributed by atoms with Gasteiger partial charge in [0, 0.05) is 44.0 Å². The molecule has 0 radical (unpaired) electrons. The van der Waals surface area contributed by atoms with Gasteiger partial charge in [0.1, 0.15) is 11.9 Å². The van der Waals surface area contributed by atoms with E-state index in [1.807, 2.05) is 11.0 Å². The van der Waals surface area contributed by atoms with E-state index >= 15 is 0 Å². The molecule has 152 valence electrons. The van der Waals surface area contributed by atoms with Crippen molar-refractivity contribution in [1.29, 1.82) is 0 Å². The summed E-state index contributed by atoms with van der Waals surface area (Å²) < 4.78 is 19.4. The smallest absolute Gasteiger partial charge is 0.254 e. The quantitative estimate of drug-likeness (QED) is 0.862. The molecule has 6 nitrogen and oxygen atoms in total. The summed E-state index contributed by atoms with van der Waals surface area (Å²) >= 11 is 0. The van der Waals surface area contributed by atoms with Crippen LogP contribution in [0.25, 0.3) is 0 Å². The Labute approximate surface area is 169 Å². The van der Waals surface area contributed by atoms with Crippen molar-refractivity contribution in [2.24, 2.45) is 0 Å². The topological polar surface area (TPSA) is 61.9 Å². The van der Waals surface area contributed by atoms with E-state index in [1.165, 1.54) is 6.07 Å². The second-order valence-corrected chi connectivity index (χ2v) is 7.30. The summed E-state index contributed by atoms with van der Waals surface area (Å²) in [6.45, 7) is 2.78. The Hall–Kier alpha value is -2.93. The molecule has 0 aliphatic carbocycles. The molecule has 0 bridgehead atoms. The molecule has 2 aromatic rings. The fourth-order valence-corrected chi connectivity index (χ4v) is 3.78. The first-order valence-electron chi connectivity index (χ1n) is 9.93. The molecular weight excluding hydrogens is 373 g/mol. The number of hydrogen-bond acceptors (Lipinski definition) is 4. The number of ether oxygens (including phenoxy) is 1. The highest BCUT2D eigenvalue weighted by atomic mass is 19.1. The normalized spacial score (nSPS) is 19.3. The third kappa shape index (κ3) is 4.40. The largest absolute Gasteiger partial charge is 0.368 e. The summed E-state index contributed by atoms with van der Waals surface area (Å²) in [4.78, 5) is 28.8. The molecule has 2 aliphatic rings. The maximum atomic E-state index is 14.0. The summed E-state index contributed by atoms with van der Waals surface area (Å²) in [5.74, 6) is -0.515. The lowest BCUT2D eigenvalue weighted by atomic mass is 10.1. The number of benzene rings is 2. The van der Waals surface area contributed by atoms with E-state index < -0.39 is 6.10 Å². The van der Waals surface area contributed by atoms with Crippen molar-refractivity contribution in [2.45, 2.75) is 18.9 Å². The molecule has 2 saturated heterocycles. The molecule has 0 saturated carbocycles. The fourth-order valence-electron chi connectivity index (χ4n) is 3.78. The van der Waals surface area contributed by atoms with Crippen LogP contribution in [-0.4, -0.2) is 55.6 Å². The Morgan fingerprint density at radius 1 is 1.03 bits per heavy atom. The average molecular weight is 397 g/mol. The number of carbonyl (C=O) groups excluding carboxylic acids is 2. The van der Waals surface area contributed by atoms with Gasteiger partial charge in [-0.15, -0.1) is 0 Å². The summed E-state index contributed by atoms with van der Waals surface area (Å²) in [7, 11) is 0. The SMILES string of the molecule is O=C(Nc1cccc(C(=O)N2CCN(c3ccccc3F)CC2)c1)C1CCCO1. The molecule has 2 aliphatic heterocycles. The van der Waals surface area contributed by atoms with Crippen LogP contribution in [0.1, 0.15) is 23.2 Å². The number of para-hydroxylation sites is 1. The van der Waals surface area contributed by atoms with Crippen LogP contribution < -0.4 is 10.2 Å². The molecule has 1 unspecified atom stereocenters. The minimum Gasteiger partial charge on any atom is -0.368 e. The minimum atomic E-state index is -0.416. The Kier molecular flexibility index (Phi) is 5.76. The molecule has 1 atom stereocenters. The number of carbonyl (C=O) groups is 2. The lowest BCUT2D eigenvalue weighted by Crippen LogP contribution is -2.49. The van der Waals surface area contributed by atoms with Crippen molar-refractivity contribution in [1.82, 2.24) is 4.90 Å². The zero-order valence-electron chi connectivity index (χ0n) is 16.1. The van der Waals surface area contributed by atoms with Crippen LogP contribution in [0, 0.1) is 5.82 Å². The van der Waals surface area contributed by atoms with Crippen molar-refractivity contribution >= 4 is 23.2 Å². The number of rotatable bonds is 4. The number of anilines is 2. The zero-order chi connectivity index (χ0) is 20.2. The average Bonchev–Trinajstić information content (AvgIpc) is 3.29. The van der Waals surface area contributed by atoms with E-state index in [-0.39, 0.29) is 17.6 Å². The van der Waals surface area contributed by atoms with Gasteiger partial charge in [0.15, 0.2) is 0 Å². The lowest BCUT2D eigenvalue weighted by Gasteiger charge is -2.36. The van der Waals surface area contributed by atoms with Gasteiger partial charge >= 0.3 is 0 Å². The lowest BCUT2D eigenvalue weighted by molar-refractivity contribution is -0.124. The zero-order valence-corrected chi connectivity index (χ0v) is 16.1. The van der Waals surface area contributed by atoms with E-state index in [1.54, 1.807) is 41.3 Å². The third-order valence-corrected chi connectivity index (χ3v) is 5.36. The van der Waals surface area contributed by atoms with Crippen molar-refractivity contribution in [3.63, 3.8) is 0 Å². The standard InChI is InChI=1S/C22H24FN3O3/c23-18-7-1-2-8-19(18)25-10-12-26(13-11-25)22(28)16-5-3-6-17(15-16)24-21(27)20-9-4-14-29-20/h1-3,5-8,15,20H,4,9-14H2,(H,24,27). The second kappa shape index (κ2) is 8.61. The fraction of sp³-hybridized carbons (Fsp3) is 0.364. The van der Waals surface area contributed by atoms with Crippen molar-refractivity contribution in [3.05, 3.63) is 59.9 Å². The van der Waals surface area contributed by atoms with Crippen molar-refractivity contribution in [2.75, 3.05) is 43.0 Å². The molecule has 0 spiro atoms. The number of piperazine rings is 1. The van der Waals surface area contributed by atoms with E-state index in [9.17, 15) is 14.0 Å². The summed E-state index contributed by atoms with van der Waals surface area (Å²) in [5, 5.41) is 2.83. The van der Waals surface area contributed by atoms with Gasteiger partial charge in [0.05, 0.1) is 5.69 Å². The van der Waals surface area contributed by atoms with E-state index in [2.05, 4.69) is 5.32 Å². The van der Waals surface area contributed by atoms with Gasteiger partial charge in [-0.1, -0.05) is 18.2 Å². The maximum Gasteiger partial charge on any atom is 0.254 e. The highest BCUT2D eigenvalue weighted by molar-refractivity contribution is 5.98.